The van der Waals surface area contributed by atoms with Crippen LogP contribution in [0.2, 0.25) is 0 Å². The van der Waals surface area contributed by atoms with Gasteiger partial charge in [-0.3, -0.25) is 4.79 Å². The zero-order valence-electron chi connectivity index (χ0n) is 14.1. The highest BCUT2D eigenvalue weighted by Crippen LogP contribution is 2.29. The number of rotatable bonds is 5. The van der Waals surface area contributed by atoms with Crippen LogP contribution in [0, 0.1) is 11.8 Å². The van der Waals surface area contributed by atoms with E-state index in [1.54, 1.807) is 24.3 Å². The molecule has 2 N–H and O–H groups in total. The van der Waals surface area contributed by atoms with Gasteiger partial charge in [0.05, 0.1) is 24.9 Å². The summed E-state index contributed by atoms with van der Waals surface area (Å²) < 4.78 is 4.73. The van der Waals surface area contributed by atoms with Crippen molar-refractivity contribution in [2.75, 3.05) is 19.0 Å². The van der Waals surface area contributed by atoms with Crippen molar-refractivity contribution < 1.29 is 14.3 Å². The summed E-state index contributed by atoms with van der Waals surface area (Å²) in [5, 5.41) is 6.15. The number of carbonyl (C=O) groups is 2. The standard InChI is InChI=1S/C18H26N2O3/c1-12-7-6-10-15(13(12)2)19-11-17(21)20-16-9-5-4-8-14(16)18(22)23-3/h4-5,8-9,12-13,15,19H,6-7,10-11H2,1-3H3,(H,20,21). The Balaban J connectivity index is 1.91. The van der Waals surface area contributed by atoms with Crippen LogP contribution in [-0.4, -0.2) is 31.6 Å². The second kappa shape index (κ2) is 8.11. The van der Waals surface area contributed by atoms with Crippen LogP contribution in [0.25, 0.3) is 0 Å². The topological polar surface area (TPSA) is 67.4 Å². The Labute approximate surface area is 137 Å². The number of ether oxygens (including phenoxy) is 1. The highest BCUT2D eigenvalue weighted by atomic mass is 16.5. The molecule has 2 rings (SSSR count). The van der Waals surface area contributed by atoms with Crippen molar-refractivity contribution in [1.29, 1.82) is 0 Å². The van der Waals surface area contributed by atoms with Crippen LogP contribution in [0.3, 0.4) is 0 Å². The van der Waals surface area contributed by atoms with Gasteiger partial charge >= 0.3 is 5.97 Å². The van der Waals surface area contributed by atoms with Gasteiger partial charge in [-0.15, -0.1) is 0 Å². The molecular weight excluding hydrogens is 292 g/mol. The second-order valence-electron chi connectivity index (χ2n) is 6.34. The molecule has 5 heteroatoms. The normalized spacial score (nSPS) is 24.0. The quantitative estimate of drug-likeness (QED) is 0.819. The molecule has 0 heterocycles. The molecule has 0 aromatic heterocycles. The molecule has 0 aliphatic heterocycles. The lowest BCUT2D eigenvalue weighted by Gasteiger charge is -2.34. The van der Waals surface area contributed by atoms with Gasteiger partial charge in [-0.1, -0.05) is 38.8 Å². The summed E-state index contributed by atoms with van der Waals surface area (Å²) in [5.41, 5.74) is 0.846. The molecule has 0 saturated heterocycles. The maximum atomic E-state index is 12.2. The molecule has 5 nitrogen and oxygen atoms in total. The average molecular weight is 318 g/mol. The number of nitrogens with one attached hydrogen (secondary N) is 2. The maximum absolute atomic E-state index is 12.2. The van der Waals surface area contributed by atoms with E-state index in [-0.39, 0.29) is 12.5 Å². The van der Waals surface area contributed by atoms with Gasteiger partial charge in [0.2, 0.25) is 5.91 Å². The van der Waals surface area contributed by atoms with Gasteiger partial charge < -0.3 is 15.4 Å². The first-order valence-electron chi connectivity index (χ1n) is 8.23. The van der Waals surface area contributed by atoms with Gasteiger partial charge in [0.15, 0.2) is 0 Å². The molecule has 0 radical (unpaired) electrons. The predicted octanol–water partition coefficient (Wildman–Crippen LogP) is 2.83. The number of carbonyl (C=O) groups excluding carboxylic acids is 2. The van der Waals surface area contributed by atoms with Crippen molar-refractivity contribution in [1.82, 2.24) is 5.32 Å². The van der Waals surface area contributed by atoms with Crippen LogP contribution in [0.4, 0.5) is 5.69 Å². The number of methoxy groups -OCH3 is 1. The lowest BCUT2D eigenvalue weighted by atomic mass is 9.78. The average Bonchev–Trinajstić information content (AvgIpc) is 2.56. The summed E-state index contributed by atoms with van der Waals surface area (Å²) in [6, 6.07) is 7.24. The van der Waals surface area contributed by atoms with E-state index in [1.165, 1.54) is 20.0 Å². The Bertz CT molecular complexity index is 559. The lowest BCUT2D eigenvalue weighted by molar-refractivity contribution is -0.115. The third kappa shape index (κ3) is 4.55. The smallest absolute Gasteiger partial charge is 0.339 e. The minimum absolute atomic E-state index is 0.147. The van der Waals surface area contributed by atoms with Crippen LogP contribution in [0.15, 0.2) is 24.3 Å². The van der Waals surface area contributed by atoms with Gasteiger partial charge in [0, 0.05) is 6.04 Å². The lowest BCUT2D eigenvalue weighted by Crippen LogP contribution is -2.43. The van der Waals surface area contributed by atoms with Crippen LogP contribution in [0.5, 0.6) is 0 Å². The Morgan fingerprint density at radius 2 is 1.96 bits per heavy atom. The monoisotopic (exact) mass is 318 g/mol. The van der Waals surface area contributed by atoms with Crippen LogP contribution in [0.1, 0.15) is 43.5 Å². The van der Waals surface area contributed by atoms with Crippen molar-refractivity contribution in [3.05, 3.63) is 29.8 Å². The summed E-state index contributed by atoms with van der Waals surface area (Å²) >= 11 is 0. The number of benzene rings is 1. The number of para-hydroxylation sites is 1. The number of esters is 1. The molecule has 1 aliphatic carbocycles. The third-order valence-electron chi connectivity index (χ3n) is 4.84. The van der Waals surface area contributed by atoms with Crippen LogP contribution < -0.4 is 10.6 Å². The SMILES string of the molecule is COC(=O)c1ccccc1NC(=O)CNC1CCCC(C)C1C. The second-order valence-corrected chi connectivity index (χ2v) is 6.34. The van der Waals surface area contributed by atoms with Gasteiger partial charge in [-0.05, 0) is 30.4 Å². The minimum atomic E-state index is -0.455. The number of hydrogen-bond donors (Lipinski definition) is 2. The molecule has 126 valence electrons. The summed E-state index contributed by atoms with van der Waals surface area (Å²) in [6.07, 6.45) is 3.57. The highest BCUT2D eigenvalue weighted by Gasteiger charge is 2.27. The first-order valence-corrected chi connectivity index (χ1v) is 8.23. The molecule has 3 unspecified atom stereocenters. The van der Waals surface area contributed by atoms with Crippen molar-refractivity contribution >= 4 is 17.6 Å². The minimum Gasteiger partial charge on any atom is -0.465 e. The molecule has 1 aliphatic rings. The highest BCUT2D eigenvalue weighted by molar-refractivity contribution is 6.01. The molecule has 1 amide bonds. The van der Waals surface area contributed by atoms with E-state index in [2.05, 4.69) is 24.5 Å². The van der Waals surface area contributed by atoms with Crippen LogP contribution >= 0.6 is 0 Å². The summed E-state index contributed by atoms with van der Waals surface area (Å²) in [4.78, 5) is 23.9. The maximum Gasteiger partial charge on any atom is 0.339 e. The summed E-state index contributed by atoms with van der Waals surface area (Å²) in [6.45, 7) is 4.76. The van der Waals surface area contributed by atoms with Crippen molar-refractivity contribution in [3.8, 4) is 0 Å². The van der Waals surface area contributed by atoms with E-state index < -0.39 is 5.97 Å². The Kier molecular flexibility index (Phi) is 6.16. The van der Waals surface area contributed by atoms with E-state index in [9.17, 15) is 9.59 Å². The molecule has 3 atom stereocenters. The van der Waals surface area contributed by atoms with E-state index >= 15 is 0 Å². The number of anilines is 1. The Hall–Kier alpha value is -1.88. The van der Waals surface area contributed by atoms with E-state index in [0.29, 0.717) is 29.1 Å². The van der Waals surface area contributed by atoms with E-state index in [1.807, 2.05) is 0 Å². The Morgan fingerprint density at radius 1 is 1.22 bits per heavy atom. The molecule has 1 saturated carbocycles. The summed E-state index contributed by atoms with van der Waals surface area (Å²) in [7, 11) is 1.33. The molecule has 1 aromatic carbocycles. The molecular formula is C18H26N2O3. The molecule has 1 fully saturated rings. The predicted molar refractivity (Wildman–Crippen MR) is 90.4 cm³/mol. The van der Waals surface area contributed by atoms with E-state index in [0.717, 1.165) is 6.42 Å². The first kappa shape index (κ1) is 17.5. The third-order valence-corrected chi connectivity index (χ3v) is 4.84. The van der Waals surface area contributed by atoms with Gasteiger partial charge in [-0.25, -0.2) is 4.79 Å². The first-order chi connectivity index (χ1) is 11.0. The number of hydrogen-bond acceptors (Lipinski definition) is 4. The van der Waals surface area contributed by atoms with Crippen molar-refractivity contribution in [3.63, 3.8) is 0 Å². The van der Waals surface area contributed by atoms with Gasteiger partial charge in [0.25, 0.3) is 0 Å². The van der Waals surface area contributed by atoms with Gasteiger partial charge in [0.1, 0.15) is 0 Å². The largest absolute Gasteiger partial charge is 0.465 e. The molecule has 0 spiro atoms. The number of amides is 1. The zero-order chi connectivity index (χ0) is 16.8. The van der Waals surface area contributed by atoms with Gasteiger partial charge in [-0.2, -0.15) is 0 Å². The molecule has 23 heavy (non-hydrogen) atoms. The van der Waals surface area contributed by atoms with E-state index in [4.69, 9.17) is 4.74 Å². The summed E-state index contributed by atoms with van der Waals surface area (Å²) in [5.74, 6) is 0.652. The Morgan fingerprint density at radius 3 is 2.70 bits per heavy atom. The van der Waals surface area contributed by atoms with Crippen molar-refractivity contribution in [2.24, 2.45) is 11.8 Å². The molecule has 1 aromatic rings. The fourth-order valence-corrected chi connectivity index (χ4v) is 3.17. The molecule has 0 bridgehead atoms. The van der Waals surface area contributed by atoms with Crippen LogP contribution in [-0.2, 0) is 9.53 Å². The van der Waals surface area contributed by atoms with Crippen molar-refractivity contribution in [2.45, 2.75) is 39.2 Å². The fourth-order valence-electron chi connectivity index (χ4n) is 3.17. The zero-order valence-corrected chi connectivity index (χ0v) is 14.1. The fraction of sp³-hybridized carbons (Fsp3) is 0.556.